The summed E-state index contributed by atoms with van der Waals surface area (Å²) in [6, 6.07) is 2.89. The van der Waals surface area contributed by atoms with Gasteiger partial charge in [-0.05, 0) is 25.0 Å². The maximum absolute atomic E-state index is 12.1. The normalized spacial score (nSPS) is 22.7. The van der Waals surface area contributed by atoms with Crippen LogP contribution < -0.4 is 11.1 Å². The molecule has 1 heterocycles. The Bertz CT molecular complexity index is 490. The lowest BCUT2D eigenvalue weighted by atomic mass is 9.84. The van der Waals surface area contributed by atoms with Crippen molar-refractivity contribution in [1.82, 2.24) is 10.3 Å². The molecule has 19 heavy (non-hydrogen) atoms. The number of aromatic nitrogens is 1. The van der Waals surface area contributed by atoms with Gasteiger partial charge in [-0.25, -0.2) is 4.98 Å². The second kappa shape index (κ2) is 5.69. The molecule has 0 aromatic carbocycles. The van der Waals surface area contributed by atoms with Gasteiger partial charge in [-0.15, -0.1) is 0 Å². The molecule has 6 heteroatoms. The first kappa shape index (κ1) is 13.3. The van der Waals surface area contributed by atoms with Gasteiger partial charge >= 0.3 is 5.97 Å². The van der Waals surface area contributed by atoms with E-state index in [0.717, 1.165) is 12.8 Å². The molecule has 102 valence electrons. The number of carbonyl (C=O) groups excluding carboxylic acids is 1. The lowest BCUT2D eigenvalue weighted by Crippen LogP contribution is -2.45. The van der Waals surface area contributed by atoms with Crippen LogP contribution in [-0.2, 0) is 4.79 Å². The summed E-state index contributed by atoms with van der Waals surface area (Å²) in [4.78, 5) is 27.1. The van der Waals surface area contributed by atoms with Crippen molar-refractivity contribution >= 4 is 17.6 Å². The number of carboxylic acids is 1. The van der Waals surface area contributed by atoms with E-state index >= 15 is 0 Å². The molecule has 0 bridgehead atoms. The minimum absolute atomic E-state index is 0.150. The molecule has 6 nitrogen and oxygen atoms in total. The monoisotopic (exact) mass is 263 g/mol. The SMILES string of the molecule is Nc1cccnc1C(=O)NC1CCCCC1C(=O)O. The zero-order valence-corrected chi connectivity index (χ0v) is 10.5. The molecule has 4 N–H and O–H groups in total. The van der Waals surface area contributed by atoms with Crippen LogP contribution in [0, 0.1) is 5.92 Å². The summed E-state index contributed by atoms with van der Waals surface area (Å²) in [5.41, 5.74) is 6.13. The van der Waals surface area contributed by atoms with Gasteiger partial charge in [0.25, 0.3) is 5.91 Å². The molecule has 0 spiro atoms. The fraction of sp³-hybridized carbons (Fsp3) is 0.462. The molecule has 1 aliphatic carbocycles. The number of carbonyl (C=O) groups is 2. The molecule has 0 aliphatic heterocycles. The Kier molecular flexibility index (Phi) is 3.99. The lowest BCUT2D eigenvalue weighted by molar-refractivity contribution is -0.143. The Hall–Kier alpha value is -2.11. The number of aliphatic carboxylic acids is 1. The number of anilines is 1. The molecule has 2 atom stereocenters. The zero-order chi connectivity index (χ0) is 13.8. The van der Waals surface area contributed by atoms with Gasteiger partial charge in [0.2, 0.25) is 0 Å². The number of amides is 1. The summed E-state index contributed by atoms with van der Waals surface area (Å²) in [6.45, 7) is 0. The number of nitrogens with one attached hydrogen (secondary N) is 1. The van der Waals surface area contributed by atoms with Crippen molar-refractivity contribution in [2.45, 2.75) is 31.7 Å². The predicted molar refractivity (Wildman–Crippen MR) is 69.5 cm³/mol. The summed E-state index contributed by atoms with van der Waals surface area (Å²) >= 11 is 0. The number of nitrogens with two attached hydrogens (primary N) is 1. The van der Waals surface area contributed by atoms with Crippen LogP contribution in [0.4, 0.5) is 5.69 Å². The highest BCUT2D eigenvalue weighted by molar-refractivity contribution is 5.97. The number of rotatable bonds is 3. The third-order valence-corrected chi connectivity index (χ3v) is 3.45. The first-order valence-corrected chi connectivity index (χ1v) is 6.33. The predicted octanol–water partition coefficient (Wildman–Crippen LogP) is 1.04. The molecule has 1 amide bonds. The van der Waals surface area contributed by atoms with Crippen LogP contribution in [-0.4, -0.2) is 28.0 Å². The van der Waals surface area contributed by atoms with E-state index in [2.05, 4.69) is 10.3 Å². The standard InChI is InChI=1S/C13H17N3O3/c14-9-5-3-7-15-11(9)12(17)16-10-6-2-1-4-8(10)13(18)19/h3,5,7-8,10H,1-2,4,6,14H2,(H,16,17)(H,18,19). The fourth-order valence-electron chi connectivity index (χ4n) is 2.44. The van der Waals surface area contributed by atoms with E-state index in [1.54, 1.807) is 12.1 Å². The van der Waals surface area contributed by atoms with Crippen LogP contribution in [0.1, 0.15) is 36.2 Å². The van der Waals surface area contributed by atoms with Crippen molar-refractivity contribution in [3.63, 3.8) is 0 Å². The molecular formula is C13H17N3O3. The summed E-state index contributed by atoms with van der Waals surface area (Å²) in [6.07, 6.45) is 4.57. The lowest BCUT2D eigenvalue weighted by Gasteiger charge is -2.29. The van der Waals surface area contributed by atoms with Crippen molar-refractivity contribution < 1.29 is 14.7 Å². The summed E-state index contributed by atoms with van der Waals surface area (Å²) in [7, 11) is 0. The molecular weight excluding hydrogens is 246 g/mol. The first-order valence-electron chi connectivity index (χ1n) is 6.33. The van der Waals surface area contributed by atoms with Gasteiger partial charge in [0.15, 0.2) is 5.69 Å². The maximum atomic E-state index is 12.1. The number of nitrogens with zero attached hydrogens (tertiary/aromatic N) is 1. The molecule has 0 saturated heterocycles. The van der Waals surface area contributed by atoms with E-state index in [-0.39, 0.29) is 11.7 Å². The average Bonchev–Trinajstić information content (AvgIpc) is 2.39. The average molecular weight is 263 g/mol. The third-order valence-electron chi connectivity index (χ3n) is 3.45. The Morgan fingerprint density at radius 3 is 2.79 bits per heavy atom. The van der Waals surface area contributed by atoms with Gasteiger partial charge in [0.05, 0.1) is 11.6 Å². The zero-order valence-electron chi connectivity index (χ0n) is 10.5. The second-order valence-corrected chi connectivity index (χ2v) is 4.75. The Labute approximate surface area is 111 Å². The van der Waals surface area contributed by atoms with Crippen LogP contribution in [0.15, 0.2) is 18.3 Å². The van der Waals surface area contributed by atoms with Crippen molar-refractivity contribution in [2.24, 2.45) is 5.92 Å². The van der Waals surface area contributed by atoms with Crippen LogP contribution >= 0.6 is 0 Å². The number of nitrogen functional groups attached to an aromatic ring is 1. The van der Waals surface area contributed by atoms with Crippen LogP contribution in [0.5, 0.6) is 0 Å². The van der Waals surface area contributed by atoms with Gasteiger partial charge in [0.1, 0.15) is 0 Å². The van der Waals surface area contributed by atoms with E-state index in [9.17, 15) is 9.59 Å². The molecule has 1 fully saturated rings. The molecule has 1 aromatic rings. The third kappa shape index (κ3) is 3.01. The minimum Gasteiger partial charge on any atom is -0.481 e. The number of hydrogen-bond donors (Lipinski definition) is 3. The molecule has 1 aliphatic rings. The van der Waals surface area contributed by atoms with E-state index in [1.165, 1.54) is 6.20 Å². The Morgan fingerprint density at radius 2 is 2.11 bits per heavy atom. The second-order valence-electron chi connectivity index (χ2n) is 4.75. The Balaban J connectivity index is 2.09. The Morgan fingerprint density at radius 1 is 1.37 bits per heavy atom. The topological polar surface area (TPSA) is 105 Å². The fourth-order valence-corrected chi connectivity index (χ4v) is 2.44. The number of hydrogen-bond acceptors (Lipinski definition) is 4. The van der Waals surface area contributed by atoms with Crippen LogP contribution in [0.2, 0.25) is 0 Å². The molecule has 1 aromatic heterocycles. The largest absolute Gasteiger partial charge is 0.481 e. The highest BCUT2D eigenvalue weighted by Crippen LogP contribution is 2.25. The van der Waals surface area contributed by atoms with E-state index in [4.69, 9.17) is 10.8 Å². The molecule has 2 unspecified atom stereocenters. The van der Waals surface area contributed by atoms with Crippen LogP contribution in [0.25, 0.3) is 0 Å². The van der Waals surface area contributed by atoms with Gasteiger partial charge in [-0.3, -0.25) is 9.59 Å². The maximum Gasteiger partial charge on any atom is 0.308 e. The quantitative estimate of drug-likeness (QED) is 0.755. The molecule has 1 saturated carbocycles. The van der Waals surface area contributed by atoms with Crippen LogP contribution in [0.3, 0.4) is 0 Å². The van der Waals surface area contributed by atoms with Gasteiger partial charge in [-0.2, -0.15) is 0 Å². The highest BCUT2D eigenvalue weighted by atomic mass is 16.4. The van der Waals surface area contributed by atoms with Crippen molar-refractivity contribution in [3.8, 4) is 0 Å². The van der Waals surface area contributed by atoms with E-state index in [1.807, 2.05) is 0 Å². The summed E-state index contributed by atoms with van der Waals surface area (Å²) < 4.78 is 0. The van der Waals surface area contributed by atoms with Gasteiger partial charge in [0, 0.05) is 12.2 Å². The van der Waals surface area contributed by atoms with E-state index < -0.39 is 17.8 Å². The van der Waals surface area contributed by atoms with Crippen molar-refractivity contribution in [3.05, 3.63) is 24.0 Å². The summed E-state index contributed by atoms with van der Waals surface area (Å²) in [5, 5.41) is 11.9. The van der Waals surface area contributed by atoms with Crippen molar-refractivity contribution in [2.75, 3.05) is 5.73 Å². The first-order chi connectivity index (χ1) is 9.09. The van der Waals surface area contributed by atoms with Crippen molar-refractivity contribution in [1.29, 1.82) is 0 Å². The summed E-state index contributed by atoms with van der Waals surface area (Å²) in [5.74, 6) is -1.79. The number of pyridine rings is 1. The smallest absolute Gasteiger partial charge is 0.308 e. The van der Waals surface area contributed by atoms with E-state index in [0.29, 0.717) is 18.5 Å². The molecule has 0 radical (unpaired) electrons. The molecule has 2 rings (SSSR count). The number of carboxylic acid groups (broad SMARTS) is 1. The minimum atomic E-state index is -0.862. The van der Waals surface area contributed by atoms with Gasteiger partial charge < -0.3 is 16.2 Å². The highest BCUT2D eigenvalue weighted by Gasteiger charge is 2.32. The van der Waals surface area contributed by atoms with Gasteiger partial charge in [-0.1, -0.05) is 12.8 Å².